The van der Waals surface area contributed by atoms with Crippen molar-refractivity contribution in [3.8, 4) is 0 Å². The molecule has 84 valence electrons. The molecule has 0 aliphatic heterocycles. The fourth-order valence-corrected chi connectivity index (χ4v) is 2.30. The second-order valence-electron chi connectivity index (χ2n) is 3.99. The lowest BCUT2D eigenvalue weighted by atomic mass is 9.93. The number of nitrogen functional groups attached to an aromatic ring is 1. The van der Waals surface area contributed by atoms with E-state index >= 15 is 0 Å². The van der Waals surface area contributed by atoms with E-state index in [0.717, 1.165) is 25.7 Å². The third-order valence-corrected chi connectivity index (χ3v) is 3.40. The molecule has 1 fully saturated rings. The van der Waals surface area contributed by atoms with E-state index in [4.69, 9.17) is 22.1 Å². The number of hydrogen-bond donors (Lipinski definition) is 1. The van der Waals surface area contributed by atoms with E-state index in [-0.39, 0.29) is 0 Å². The SMILES string of the molecule is COC1CCC(n2ncc(Cl)c2N)CC1. The predicted molar refractivity (Wildman–Crippen MR) is 60.0 cm³/mol. The predicted octanol–water partition coefficient (Wildman–Crippen LogP) is 2.25. The van der Waals surface area contributed by atoms with Crippen LogP contribution in [0.2, 0.25) is 5.02 Å². The molecule has 0 saturated heterocycles. The summed E-state index contributed by atoms with van der Waals surface area (Å²) in [5.74, 6) is 0.581. The van der Waals surface area contributed by atoms with Gasteiger partial charge in [-0.1, -0.05) is 11.6 Å². The maximum absolute atomic E-state index is 5.87. The number of methoxy groups -OCH3 is 1. The van der Waals surface area contributed by atoms with Crippen LogP contribution >= 0.6 is 11.6 Å². The largest absolute Gasteiger partial charge is 0.383 e. The first-order valence-electron chi connectivity index (χ1n) is 5.23. The first-order chi connectivity index (χ1) is 7.22. The standard InChI is InChI=1S/C10H16ClN3O/c1-15-8-4-2-7(3-5-8)14-10(12)9(11)6-13-14/h6-8H,2-5,12H2,1H3. The van der Waals surface area contributed by atoms with Crippen molar-refractivity contribution >= 4 is 17.4 Å². The van der Waals surface area contributed by atoms with Crippen molar-refractivity contribution in [1.29, 1.82) is 0 Å². The summed E-state index contributed by atoms with van der Waals surface area (Å²) in [5.41, 5.74) is 5.84. The molecule has 0 unspecified atom stereocenters. The third-order valence-electron chi connectivity index (χ3n) is 3.11. The van der Waals surface area contributed by atoms with Gasteiger partial charge in [-0.2, -0.15) is 5.10 Å². The van der Waals surface area contributed by atoms with Gasteiger partial charge in [-0.15, -0.1) is 0 Å². The molecule has 0 bridgehead atoms. The van der Waals surface area contributed by atoms with Crippen molar-refractivity contribution in [2.75, 3.05) is 12.8 Å². The summed E-state index contributed by atoms with van der Waals surface area (Å²) in [7, 11) is 1.77. The van der Waals surface area contributed by atoms with E-state index in [1.54, 1.807) is 13.3 Å². The van der Waals surface area contributed by atoms with Gasteiger partial charge in [0.25, 0.3) is 0 Å². The molecule has 5 heteroatoms. The summed E-state index contributed by atoms with van der Waals surface area (Å²) in [6.07, 6.45) is 6.25. The van der Waals surface area contributed by atoms with Gasteiger partial charge in [0, 0.05) is 7.11 Å². The van der Waals surface area contributed by atoms with Gasteiger partial charge in [-0.3, -0.25) is 0 Å². The Bertz CT molecular complexity index is 331. The molecule has 2 rings (SSSR count). The first kappa shape index (κ1) is 10.8. The fourth-order valence-electron chi connectivity index (χ4n) is 2.17. The Morgan fingerprint density at radius 3 is 2.60 bits per heavy atom. The Morgan fingerprint density at radius 1 is 1.47 bits per heavy atom. The average Bonchev–Trinajstić information content (AvgIpc) is 2.60. The molecule has 0 amide bonds. The molecule has 1 aliphatic carbocycles. The zero-order valence-corrected chi connectivity index (χ0v) is 9.57. The van der Waals surface area contributed by atoms with Crippen molar-refractivity contribution in [2.45, 2.75) is 37.8 Å². The molecular formula is C10H16ClN3O. The van der Waals surface area contributed by atoms with Crippen molar-refractivity contribution < 1.29 is 4.74 Å². The van der Waals surface area contributed by atoms with Crippen LogP contribution in [0.25, 0.3) is 0 Å². The zero-order valence-electron chi connectivity index (χ0n) is 8.82. The Morgan fingerprint density at radius 2 is 2.13 bits per heavy atom. The van der Waals surface area contributed by atoms with Crippen LogP contribution in [0.4, 0.5) is 5.82 Å². The molecular weight excluding hydrogens is 214 g/mol. The number of ether oxygens (including phenoxy) is 1. The molecule has 15 heavy (non-hydrogen) atoms. The number of hydrogen-bond acceptors (Lipinski definition) is 3. The number of aromatic nitrogens is 2. The van der Waals surface area contributed by atoms with Crippen LogP contribution in [-0.2, 0) is 4.74 Å². The van der Waals surface area contributed by atoms with Gasteiger partial charge in [0.05, 0.1) is 18.3 Å². The molecule has 0 atom stereocenters. The van der Waals surface area contributed by atoms with Crippen molar-refractivity contribution in [3.63, 3.8) is 0 Å². The molecule has 0 spiro atoms. The molecule has 1 aliphatic rings. The minimum absolute atomic E-state index is 0.379. The lowest BCUT2D eigenvalue weighted by Gasteiger charge is -2.28. The summed E-state index contributed by atoms with van der Waals surface area (Å²) in [6.45, 7) is 0. The van der Waals surface area contributed by atoms with Crippen LogP contribution < -0.4 is 5.73 Å². The van der Waals surface area contributed by atoms with E-state index in [9.17, 15) is 0 Å². The molecule has 0 aromatic carbocycles. The normalized spacial score (nSPS) is 26.8. The van der Waals surface area contributed by atoms with Crippen LogP contribution in [0.5, 0.6) is 0 Å². The second kappa shape index (κ2) is 4.41. The van der Waals surface area contributed by atoms with Crippen molar-refractivity contribution in [1.82, 2.24) is 9.78 Å². The van der Waals surface area contributed by atoms with Gasteiger partial charge in [-0.25, -0.2) is 4.68 Å². The number of halogens is 1. The smallest absolute Gasteiger partial charge is 0.140 e. The molecule has 1 saturated carbocycles. The van der Waals surface area contributed by atoms with Gasteiger partial charge in [-0.05, 0) is 25.7 Å². The highest BCUT2D eigenvalue weighted by molar-refractivity contribution is 6.32. The van der Waals surface area contributed by atoms with Crippen molar-refractivity contribution in [3.05, 3.63) is 11.2 Å². The van der Waals surface area contributed by atoms with Crippen LogP contribution in [0.3, 0.4) is 0 Å². The molecule has 0 radical (unpaired) electrons. The summed E-state index contributed by atoms with van der Waals surface area (Å²) in [4.78, 5) is 0. The maximum Gasteiger partial charge on any atom is 0.140 e. The number of rotatable bonds is 2. The van der Waals surface area contributed by atoms with E-state index in [1.165, 1.54) is 0 Å². The highest BCUT2D eigenvalue weighted by Gasteiger charge is 2.24. The fraction of sp³-hybridized carbons (Fsp3) is 0.700. The van der Waals surface area contributed by atoms with Gasteiger partial charge in [0.15, 0.2) is 0 Å². The van der Waals surface area contributed by atoms with Gasteiger partial charge >= 0.3 is 0 Å². The Kier molecular flexibility index (Phi) is 3.17. The van der Waals surface area contributed by atoms with Gasteiger partial charge < -0.3 is 10.5 Å². The Labute approximate surface area is 94.3 Å². The molecule has 2 N–H and O–H groups in total. The number of nitrogens with zero attached hydrogens (tertiary/aromatic N) is 2. The topological polar surface area (TPSA) is 53.1 Å². The highest BCUT2D eigenvalue weighted by Crippen LogP contribution is 2.32. The van der Waals surface area contributed by atoms with Crippen LogP contribution in [0, 0.1) is 0 Å². The number of nitrogens with two attached hydrogens (primary N) is 1. The van der Waals surface area contributed by atoms with E-state index < -0.39 is 0 Å². The lowest BCUT2D eigenvalue weighted by Crippen LogP contribution is -2.24. The van der Waals surface area contributed by atoms with Crippen molar-refractivity contribution in [2.24, 2.45) is 0 Å². The van der Waals surface area contributed by atoms with Crippen LogP contribution in [0.15, 0.2) is 6.20 Å². The monoisotopic (exact) mass is 229 g/mol. The lowest BCUT2D eigenvalue weighted by molar-refractivity contribution is 0.0571. The summed E-state index contributed by atoms with van der Waals surface area (Å²) >= 11 is 5.87. The zero-order chi connectivity index (χ0) is 10.8. The highest BCUT2D eigenvalue weighted by atomic mass is 35.5. The van der Waals surface area contributed by atoms with Crippen LogP contribution in [0.1, 0.15) is 31.7 Å². The number of anilines is 1. The van der Waals surface area contributed by atoms with E-state index in [1.807, 2.05) is 4.68 Å². The summed E-state index contributed by atoms with van der Waals surface area (Å²) < 4.78 is 7.17. The second-order valence-corrected chi connectivity index (χ2v) is 4.40. The Balaban J connectivity index is 2.04. The molecule has 1 heterocycles. The molecule has 4 nitrogen and oxygen atoms in total. The maximum atomic E-state index is 5.87. The third kappa shape index (κ3) is 2.11. The summed E-state index contributed by atoms with van der Waals surface area (Å²) in [5, 5.41) is 4.75. The Hall–Kier alpha value is -0.740. The molecule has 1 aromatic heterocycles. The van der Waals surface area contributed by atoms with Crippen LogP contribution in [-0.4, -0.2) is 23.0 Å². The quantitative estimate of drug-likeness (QED) is 0.846. The average molecular weight is 230 g/mol. The minimum atomic E-state index is 0.379. The van der Waals surface area contributed by atoms with E-state index in [2.05, 4.69) is 5.10 Å². The van der Waals surface area contributed by atoms with E-state index in [0.29, 0.717) is 23.0 Å². The first-order valence-corrected chi connectivity index (χ1v) is 5.61. The molecule has 1 aromatic rings. The van der Waals surface area contributed by atoms with Gasteiger partial charge in [0.1, 0.15) is 10.8 Å². The van der Waals surface area contributed by atoms with Gasteiger partial charge in [0.2, 0.25) is 0 Å². The minimum Gasteiger partial charge on any atom is -0.383 e. The summed E-state index contributed by atoms with van der Waals surface area (Å²) in [6, 6.07) is 0.379.